The van der Waals surface area contributed by atoms with Gasteiger partial charge in [-0.1, -0.05) is 29.8 Å². The third-order valence-electron chi connectivity index (χ3n) is 7.76. The second-order valence-electron chi connectivity index (χ2n) is 10.9. The second kappa shape index (κ2) is 12.1. The molecule has 1 saturated heterocycles. The van der Waals surface area contributed by atoms with E-state index in [1.54, 1.807) is 48.7 Å². The normalized spacial score (nSPS) is 16.3. The van der Waals surface area contributed by atoms with Gasteiger partial charge >= 0.3 is 0 Å². The summed E-state index contributed by atoms with van der Waals surface area (Å²) in [6.45, 7) is 1.55. The Kier molecular flexibility index (Phi) is 8.07. The zero-order valence-corrected chi connectivity index (χ0v) is 24.8. The predicted molar refractivity (Wildman–Crippen MR) is 168 cm³/mol. The van der Waals surface area contributed by atoms with E-state index >= 15 is 0 Å². The number of rotatable bonds is 5. The van der Waals surface area contributed by atoms with Crippen molar-refractivity contribution < 1.29 is 13.6 Å². The minimum absolute atomic E-state index is 0.0980. The lowest BCUT2D eigenvalue weighted by atomic mass is 9.95. The van der Waals surface area contributed by atoms with Gasteiger partial charge in [0.15, 0.2) is 5.96 Å². The van der Waals surface area contributed by atoms with E-state index in [9.17, 15) is 13.6 Å². The van der Waals surface area contributed by atoms with Gasteiger partial charge in [-0.3, -0.25) is 9.79 Å². The Morgan fingerprint density at radius 2 is 1.86 bits per heavy atom. The molecule has 0 radical (unpaired) electrons. The number of nitrogens with two attached hydrogens (primary N) is 1. The van der Waals surface area contributed by atoms with E-state index in [1.807, 2.05) is 19.0 Å². The lowest BCUT2D eigenvalue weighted by molar-refractivity contribution is 0.100. The highest BCUT2D eigenvalue weighted by molar-refractivity contribution is 6.31. The molecule has 0 saturated carbocycles. The summed E-state index contributed by atoms with van der Waals surface area (Å²) in [7, 11) is 4.04. The molecule has 1 fully saturated rings. The number of fused-ring (bicyclic) bond motifs is 3. The van der Waals surface area contributed by atoms with Crippen LogP contribution in [0.5, 0.6) is 0 Å². The molecule has 3 N–H and O–H groups in total. The van der Waals surface area contributed by atoms with Crippen molar-refractivity contribution in [2.45, 2.75) is 19.0 Å². The summed E-state index contributed by atoms with van der Waals surface area (Å²) < 4.78 is 29.7. The Morgan fingerprint density at radius 3 is 2.61 bits per heavy atom. The number of halogens is 3. The molecule has 1 atom stereocenters. The van der Waals surface area contributed by atoms with E-state index < -0.39 is 17.5 Å². The SMILES string of the molecule is CN(C)C1CCN(C(N)=NC(=O)c2cccc(Nc3ncc4c(n3)-c3ccc(Cl)cc3C(c3c(F)cccc3F)=NC4)c2)C1. The van der Waals surface area contributed by atoms with E-state index in [0.29, 0.717) is 51.2 Å². The third-order valence-corrected chi connectivity index (χ3v) is 8.00. The molecule has 6 rings (SSSR count). The lowest BCUT2D eigenvalue weighted by Crippen LogP contribution is -2.39. The van der Waals surface area contributed by atoms with Gasteiger partial charge in [0.25, 0.3) is 5.91 Å². The number of anilines is 2. The van der Waals surface area contributed by atoms with Gasteiger partial charge in [-0.05, 0) is 63.0 Å². The number of amides is 1. The quantitative estimate of drug-likeness (QED) is 0.233. The number of aromatic nitrogens is 2. The van der Waals surface area contributed by atoms with Gasteiger partial charge in [0.1, 0.15) is 11.6 Å². The van der Waals surface area contributed by atoms with Crippen molar-refractivity contribution in [3.8, 4) is 11.3 Å². The number of aliphatic imine (C=N–C) groups is 2. The standard InChI is InChI=1S/C32H29ClF2N8O/c1-42(2)22-11-12-43(17-22)31(36)41-30(44)18-5-3-6-21(13-18)39-32-38-16-19-15-37-29(27-25(34)7-4-8-26(27)35)24-14-20(33)9-10-23(24)28(19)40-32/h3-10,13-14,16,22H,11-12,15,17H2,1-2H3,(H2,36,41,44)(H,38,39,40). The van der Waals surface area contributed by atoms with Gasteiger partial charge in [0, 0.05) is 58.3 Å². The van der Waals surface area contributed by atoms with Crippen LogP contribution < -0.4 is 11.1 Å². The van der Waals surface area contributed by atoms with Crippen molar-refractivity contribution in [1.29, 1.82) is 0 Å². The molecule has 0 spiro atoms. The van der Waals surface area contributed by atoms with Crippen LogP contribution in [0.4, 0.5) is 20.4 Å². The first-order chi connectivity index (χ1) is 21.2. The van der Waals surface area contributed by atoms with Crippen LogP contribution >= 0.6 is 11.6 Å². The minimum atomic E-state index is -0.729. The van der Waals surface area contributed by atoms with Gasteiger partial charge in [0.05, 0.1) is 23.5 Å². The van der Waals surface area contributed by atoms with Crippen molar-refractivity contribution >= 4 is 40.8 Å². The van der Waals surface area contributed by atoms with Crippen LogP contribution in [0.15, 0.2) is 76.8 Å². The average molecular weight is 615 g/mol. The van der Waals surface area contributed by atoms with E-state index in [-0.39, 0.29) is 29.7 Å². The third kappa shape index (κ3) is 5.88. The number of benzene rings is 3. The predicted octanol–water partition coefficient (Wildman–Crippen LogP) is 5.26. The van der Waals surface area contributed by atoms with E-state index in [0.717, 1.165) is 13.0 Å². The summed E-state index contributed by atoms with van der Waals surface area (Å²) in [4.78, 5) is 34.9. The fourth-order valence-electron chi connectivity index (χ4n) is 5.39. The Labute approximate surface area is 258 Å². The Bertz CT molecular complexity index is 1810. The molecule has 12 heteroatoms. The van der Waals surface area contributed by atoms with Crippen molar-refractivity contribution in [1.82, 2.24) is 19.8 Å². The number of guanidine groups is 1. The molecule has 9 nitrogen and oxygen atoms in total. The Hall–Kier alpha value is -4.74. The van der Waals surface area contributed by atoms with Gasteiger partial charge in [-0.2, -0.15) is 4.99 Å². The summed E-state index contributed by atoms with van der Waals surface area (Å²) in [6.07, 6.45) is 2.56. The van der Waals surface area contributed by atoms with Gasteiger partial charge in [-0.25, -0.2) is 18.7 Å². The lowest BCUT2D eigenvalue weighted by Gasteiger charge is -2.20. The Balaban J connectivity index is 1.27. The maximum Gasteiger partial charge on any atom is 0.280 e. The van der Waals surface area contributed by atoms with Gasteiger partial charge < -0.3 is 20.9 Å². The maximum atomic E-state index is 14.8. The fourth-order valence-corrected chi connectivity index (χ4v) is 5.56. The fraction of sp³-hybridized carbons (Fsp3) is 0.219. The number of carbonyl (C=O) groups excluding carboxylic acids is 1. The summed E-state index contributed by atoms with van der Waals surface area (Å²) in [5.41, 5.74) is 9.24. The number of hydrogen-bond donors (Lipinski definition) is 2. The molecular formula is C32H29ClF2N8O. The molecule has 2 aliphatic heterocycles. The molecule has 2 aliphatic rings. The average Bonchev–Trinajstić information content (AvgIpc) is 3.45. The zero-order chi connectivity index (χ0) is 31.0. The first kappa shape index (κ1) is 29.3. The molecule has 0 aliphatic carbocycles. The number of likely N-dealkylation sites (tertiary alicyclic amines) is 1. The van der Waals surface area contributed by atoms with E-state index in [1.165, 1.54) is 18.2 Å². The first-order valence-corrected chi connectivity index (χ1v) is 14.4. The van der Waals surface area contributed by atoms with Crippen molar-refractivity contribution in [3.63, 3.8) is 0 Å². The highest BCUT2D eigenvalue weighted by Crippen LogP contribution is 2.35. The smallest absolute Gasteiger partial charge is 0.280 e. The van der Waals surface area contributed by atoms with Crippen LogP contribution in [0.1, 0.15) is 33.5 Å². The van der Waals surface area contributed by atoms with Crippen LogP contribution in [0.3, 0.4) is 0 Å². The largest absolute Gasteiger partial charge is 0.369 e. The summed E-state index contributed by atoms with van der Waals surface area (Å²) in [5, 5.41) is 3.53. The Morgan fingerprint density at radius 1 is 1.09 bits per heavy atom. The van der Waals surface area contributed by atoms with Crippen LogP contribution in [0.2, 0.25) is 5.02 Å². The first-order valence-electron chi connectivity index (χ1n) is 14.0. The number of hydrogen-bond acceptors (Lipinski definition) is 6. The zero-order valence-electron chi connectivity index (χ0n) is 24.1. The van der Waals surface area contributed by atoms with E-state index in [2.05, 4.69) is 25.2 Å². The molecular weight excluding hydrogens is 586 g/mol. The number of likely N-dealkylation sites (N-methyl/N-ethyl adjacent to an activating group) is 1. The molecule has 0 bridgehead atoms. The summed E-state index contributed by atoms with van der Waals surface area (Å²) in [6, 6.07) is 15.9. The van der Waals surface area contributed by atoms with Crippen LogP contribution in [0, 0.1) is 11.6 Å². The van der Waals surface area contributed by atoms with E-state index in [4.69, 9.17) is 22.3 Å². The van der Waals surface area contributed by atoms with Gasteiger partial charge in [-0.15, -0.1) is 0 Å². The van der Waals surface area contributed by atoms with Crippen LogP contribution in [-0.4, -0.2) is 70.6 Å². The highest BCUT2D eigenvalue weighted by atomic mass is 35.5. The molecule has 3 heterocycles. The summed E-state index contributed by atoms with van der Waals surface area (Å²) in [5.74, 6) is -1.47. The van der Waals surface area contributed by atoms with Gasteiger partial charge in [0.2, 0.25) is 5.95 Å². The molecule has 44 heavy (non-hydrogen) atoms. The topological polar surface area (TPSA) is 112 Å². The molecule has 4 aromatic rings. The van der Waals surface area contributed by atoms with Crippen LogP contribution in [-0.2, 0) is 6.54 Å². The molecule has 1 unspecified atom stereocenters. The van der Waals surface area contributed by atoms with Crippen molar-refractivity contribution in [3.05, 3.63) is 106 Å². The molecule has 224 valence electrons. The van der Waals surface area contributed by atoms with Crippen molar-refractivity contribution in [2.75, 3.05) is 32.5 Å². The monoisotopic (exact) mass is 614 g/mol. The molecule has 1 amide bonds. The number of carbonyl (C=O) groups is 1. The number of nitrogens with zero attached hydrogens (tertiary/aromatic N) is 6. The van der Waals surface area contributed by atoms with Crippen LogP contribution in [0.25, 0.3) is 11.3 Å². The summed E-state index contributed by atoms with van der Waals surface area (Å²) >= 11 is 6.32. The molecule has 1 aromatic heterocycles. The van der Waals surface area contributed by atoms with Crippen molar-refractivity contribution in [2.24, 2.45) is 15.7 Å². The molecule has 3 aromatic carbocycles. The number of nitrogens with one attached hydrogen (secondary N) is 1. The highest BCUT2D eigenvalue weighted by Gasteiger charge is 2.27. The minimum Gasteiger partial charge on any atom is -0.369 e. The second-order valence-corrected chi connectivity index (χ2v) is 11.3. The maximum absolute atomic E-state index is 14.8.